The van der Waals surface area contributed by atoms with Gasteiger partial charge in [-0.15, -0.1) is 0 Å². The molecular weight excluding hydrogens is 266 g/mol. The molecule has 0 bridgehead atoms. The summed E-state index contributed by atoms with van der Waals surface area (Å²) in [4.78, 5) is 11.1. The third-order valence-corrected chi connectivity index (χ3v) is 5.53. The second-order valence-corrected chi connectivity index (χ2v) is 7.24. The third-order valence-electron chi connectivity index (χ3n) is 3.65. The summed E-state index contributed by atoms with van der Waals surface area (Å²) < 4.78 is 25.4. The highest BCUT2D eigenvalue weighted by Gasteiger charge is 2.21. The minimum Gasteiger partial charge on any atom is -0.359 e. The van der Waals surface area contributed by atoms with Crippen molar-refractivity contribution < 1.29 is 13.2 Å². The van der Waals surface area contributed by atoms with E-state index < -0.39 is 10.0 Å². The van der Waals surface area contributed by atoms with Crippen LogP contribution in [0.1, 0.15) is 25.7 Å². The highest BCUT2D eigenvalue weighted by Crippen LogP contribution is 2.17. The largest absolute Gasteiger partial charge is 0.359 e. The van der Waals surface area contributed by atoms with Gasteiger partial charge in [-0.25, -0.2) is 12.7 Å². The van der Waals surface area contributed by atoms with Gasteiger partial charge in [-0.1, -0.05) is 0 Å². The molecule has 0 radical (unpaired) electrons. The fourth-order valence-corrected chi connectivity index (χ4v) is 3.48. The van der Waals surface area contributed by atoms with Gasteiger partial charge >= 0.3 is 0 Å². The van der Waals surface area contributed by atoms with Crippen LogP contribution in [0.3, 0.4) is 0 Å². The Morgan fingerprint density at radius 3 is 2.58 bits per heavy atom. The maximum atomic E-state index is 12.1. The van der Waals surface area contributed by atoms with Crippen LogP contribution in [0.25, 0.3) is 0 Å². The number of amides is 1. The van der Waals surface area contributed by atoms with Crippen molar-refractivity contribution in [2.45, 2.75) is 25.7 Å². The third kappa shape index (κ3) is 5.88. The first-order valence-electron chi connectivity index (χ1n) is 6.81. The molecule has 0 aromatic heterocycles. The molecule has 0 atom stereocenters. The Morgan fingerprint density at radius 1 is 1.37 bits per heavy atom. The topological polar surface area (TPSA) is 78.5 Å². The molecule has 0 spiro atoms. The summed E-state index contributed by atoms with van der Waals surface area (Å²) in [5.41, 5.74) is 0. The fourth-order valence-electron chi connectivity index (χ4n) is 2.16. The quantitative estimate of drug-likeness (QED) is 0.679. The van der Waals surface area contributed by atoms with Crippen LogP contribution < -0.4 is 10.6 Å². The lowest BCUT2D eigenvalue weighted by atomic mass is 9.96. The first kappa shape index (κ1) is 16.4. The molecular formula is C12H25N3O3S. The molecule has 2 N–H and O–H groups in total. The number of nitrogens with zero attached hydrogens (tertiary/aromatic N) is 1. The molecule has 1 aliphatic heterocycles. The normalized spacial score (nSPS) is 17.6. The summed E-state index contributed by atoms with van der Waals surface area (Å²) in [7, 11) is -0.139. The molecule has 1 saturated heterocycles. The van der Waals surface area contributed by atoms with Crippen molar-refractivity contribution in [3.63, 3.8) is 0 Å². The lowest BCUT2D eigenvalue weighted by molar-refractivity contribution is -0.120. The van der Waals surface area contributed by atoms with Gasteiger partial charge in [0.2, 0.25) is 15.9 Å². The van der Waals surface area contributed by atoms with Crippen molar-refractivity contribution in [2.24, 2.45) is 5.92 Å². The van der Waals surface area contributed by atoms with Gasteiger partial charge in [-0.3, -0.25) is 4.79 Å². The van der Waals surface area contributed by atoms with E-state index in [0.29, 0.717) is 12.3 Å². The Labute approximate surface area is 116 Å². The fraction of sp³-hybridized carbons (Fsp3) is 0.917. The molecule has 19 heavy (non-hydrogen) atoms. The Morgan fingerprint density at radius 2 is 2.00 bits per heavy atom. The number of carbonyl (C=O) groups is 1. The van der Waals surface area contributed by atoms with Crippen LogP contribution in [-0.4, -0.2) is 58.1 Å². The number of hydrogen-bond donors (Lipinski definition) is 2. The summed E-state index contributed by atoms with van der Waals surface area (Å²) in [5.74, 6) is 0.547. The molecule has 1 fully saturated rings. The summed E-state index contributed by atoms with van der Waals surface area (Å²) in [6.45, 7) is 2.21. The number of rotatable bonds is 7. The van der Waals surface area contributed by atoms with E-state index >= 15 is 0 Å². The van der Waals surface area contributed by atoms with Crippen LogP contribution in [0.2, 0.25) is 0 Å². The number of sulfonamides is 1. The van der Waals surface area contributed by atoms with Gasteiger partial charge < -0.3 is 10.6 Å². The van der Waals surface area contributed by atoms with E-state index in [4.69, 9.17) is 0 Å². The molecule has 0 aliphatic carbocycles. The Kier molecular flexibility index (Phi) is 6.74. The molecule has 0 saturated carbocycles. The maximum Gasteiger partial charge on any atom is 0.221 e. The first-order chi connectivity index (χ1) is 8.95. The van der Waals surface area contributed by atoms with Gasteiger partial charge in [-0.2, -0.15) is 0 Å². The van der Waals surface area contributed by atoms with Crippen molar-refractivity contribution in [2.75, 3.05) is 39.5 Å². The van der Waals surface area contributed by atoms with E-state index in [1.54, 1.807) is 14.1 Å². The van der Waals surface area contributed by atoms with Gasteiger partial charge in [0.25, 0.3) is 0 Å². The summed E-state index contributed by atoms with van der Waals surface area (Å²) >= 11 is 0. The average Bonchev–Trinajstić information content (AvgIpc) is 2.43. The average molecular weight is 291 g/mol. The molecule has 1 aliphatic rings. The van der Waals surface area contributed by atoms with Crippen LogP contribution in [-0.2, 0) is 14.8 Å². The lowest BCUT2D eigenvalue weighted by Gasteiger charge is -2.23. The number of nitrogens with one attached hydrogen (secondary N) is 2. The van der Waals surface area contributed by atoms with Crippen LogP contribution >= 0.6 is 0 Å². The number of piperidine rings is 1. The summed E-state index contributed by atoms with van der Waals surface area (Å²) in [6.07, 6.45) is 3.03. The first-order valence-corrected chi connectivity index (χ1v) is 8.42. The van der Waals surface area contributed by atoms with Crippen LogP contribution in [0, 0.1) is 5.92 Å². The molecule has 1 heterocycles. The van der Waals surface area contributed by atoms with E-state index in [1.807, 2.05) is 0 Å². The zero-order valence-corrected chi connectivity index (χ0v) is 12.6. The molecule has 1 amide bonds. The Hall–Kier alpha value is -0.660. The molecule has 1 rings (SSSR count). The smallest absolute Gasteiger partial charge is 0.221 e. The molecule has 6 nitrogen and oxygen atoms in total. The van der Waals surface area contributed by atoms with Gasteiger partial charge in [0, 0.05) is 27.1 Å². The van der Waals surface area contributed by atoms with Gasteiger partial charge in [0.1, 0.15) is 0 Å². The molecule has 0 aromatic carbocycles. The van der Waals surface area contributed by atoms with Crippen molar-refractivity contribution in [1.82, 2.24) is 14.9 Å². The minimum atomic E-state index is -3.23. The SMILES string of the molecule is CNC(=O)CCN(C)S(=O)(=O)CCC1CCNCC1. The molecule has 0 unspecified atom stereocenters. The second-order valence-electron chi connectivity index (χ2n) is 5.04. The van der Waals surface area contributed by atoms with E-state index in [-0.39, 0.29) is 24.6 Å². The molecule has 7 heteroatoms. The van der Waals surface area contributed by atoms with E-state index in [1.165, 1.54) is 4.31 Å². The van der Waals surface area contributed by atoms with Crippen molar-refractivity contribution in [1.29, 1.82) is 0 Å². The van der Waals surface area contributed by atoms with Crippen LogP contribution in [0.15, 0.2) is 0 Å². The van der Waals surface area contributed by atoms with E-state index in [2.05, 4.69) is 10.6 Å². The van der Waals surface area contributed by atoms with E-state index in [0.717, 1.165) is 25.9 Å². The zero-order chi connectivity index (χ0) is 14.3. The Bertz CT molecular complexity index is 378. The van der Waals surface area contributed by atoms with Gasteiger partial charge in [-0.05, 0) is 38.3 Å². The highest BCUT2D eigenvalue weighted by atomic mass is 32.2. The molecule has 0 aromatic rings. The van der Waals surface area contributed by atoms with Crippen LogP contribution in [0.4, 0.5) is 0 Å². The Balaban J connectivity index is 2.34. The van der Waals surface area contributed by atoms with E-state index in [9.17, 15) is 13.2 Å². The number of hydrogen-bond acceptors (Lipinski definition) is 4. The second kappa shape index (κ2) is 7.81. The van der Waals surface area contributed by atoms with Crippen LogP contribution in [0.5, 0.6) is 0 Å². The summed E-state index contributed by atoms with van der Waals surface area (Å²) in [6, 6.07) is 0. The summed E-state index contributed by atoms with van der Waals surface area (Å²) in [5, 5.41) is 5.76. The standard InChI is InChI=1S/C12H25N3O3S/c1-13-12(16)5-9-15(2)19(17,18)10-6-11-3-7-14-8-4-11/h11,14H,3-10H2,1-2H3,(H,13,16). The zero-order valence-electron chi connectivity index (χ0n) is 11.8. The highest BCUT2D eigenvalue weighted by molar-refractivity contribution is 7.89. The minimum absolute atomic E-state index is 0.139. The predicted molar refractivity (Wildman–Crippen MR) is 75.3 cm³/mol. The van der Waals surface area contributed by atoms with Crippen molar-refractivity contribution >= 4 is 15.9 Å². The predicted octanol–water partition coefficient (Wildman–Crippen LogP) is -0.226. The maximum absolute atomic E-state index is 12.1. The monoisotopic (exact) mass is 291 g/mol. The molecule has 112 valence electrons. The lowest BCUT2D eigenvalue weighted by Crippen LogP contribution is -2.34. The van der Waals surface area contributed by atoms with Crippen molar-refractivity contribution in [3.05, 3.63) is 0 Å². The number of carbonyl (C=O) groups excluding carboxylic acids is 1. The van der Waals surface area contributed by atoms with Gasteiger partial charge in [0.05, 0.1) is 5.75 Å². The van der Waals surface area contributed by atoms with Gasteiger partial charge in [0.15, 0.2) is 0 Å². The van der Waals surface area contributed by atoms with Crippen molar-refractivity contribution in [3.8, 4) is 0 Å².